The molecular formula is C25H23F3N2O3S. The first-order valence-corrected chi connectivity index (χ1v) is 12.1. The van der Waals surface area contributed by atoms with Crippen LogP contribution in [0.25, 0.3) is 10.9 Å². The van der Waals surface area contributed by atoms with Crippen molar-refractivity contribution in [2.45, 2.75) is 28.9 Å². The van der Waals surface area contributed by atoms with E-state index in [-0.39, 0.29) is 15.5 Å². The molecule has 5 nitrogen and oxygen atoms in total. The van der Waals surface area contributed by atoms with Crippen LogP contribution in [0.1, 0.15) is 11.1 Å². The second kappa shape index (κ2) is 9.90. The van der Waals surface area contributed by atoms with Crippen molar-refractivity contribution in [3.63, 3.8) is 0 Å². The van der Waals surface area contributed by atoms with Gasteiger partial charge in [-0.25, -0.2) is 8.42 Å². The van der Waals surface area contributed by atoms with Crippen molar-refractivity contribution in [3.05, 3.63) is 90.1 Å². The Labute approximate surface area is 195 Å². The summed E-state index contributed by atoms with van der Waals surface area (Å²) in [5, 5.41) is 4.10. The zero-order valence-electron chi connectivity index (χ0n) is 18.1. The monoisotopic (exact) mass is 488 g/mol. The molecule has 0 aliphatic heterocycles. The first kappa shape index (κ1) is 23.8. The van der Waals surface area contributed by atoms with Gasteiger partial charge in [-0.05, 0) is 66.6 Å². The Morgan fingerprint density at radius 1 is 0.912 bits per heavy atom. The lowest BCUT2D eigenvalue weighted by Gasteiger charge is -2.11. The second-order valence-corrected chi connectivity index (χ2v) is 9.77. The molecule has 0 spiro atoms. The number of aromatic amines is 1. The summed E-state index contributed by atoms with van der Waals surface area (Å²) in [7, 11) is -3.62. The van der Waals surface area contributed by atoms with Gasteiger partial charge in [-0.15, -0.1) is 0 Å². The van der Waals surface area contributed by atoms with E-state index < -0.39 is 22.6 Å². The molecule has 2 N–H and O–H groups in total. The Bertz CT molecular complexity index is 1370. The number of ether oxygens (including phenoxy) is 1. The molecule has 0 amide bonds. The molecule has 3 aromatic carbocycles. The van der Waals surface area contributed by atoms with Crippen LogP contribution in [0.15, 0.2) is 88.8 Å². The van der Waals surface area contributed by atoms with Crippen LogP contribution in [0.3, 0.4) is 0 Å². The van der Waals surface area contributed by atoms with E-state index in [4.69, 9.17) is 4.74 Å². The van der Waals surface area contributed by atoms with Crippen LogP contribution in [0.2, 0.25) is 0 Å². The Balaban J connectivity index is 1.40. The molecule has 0 atom stereocenters. The minimum Gasteiger partial charge on any atom is -0.484 e. The van der Waals surface area contributed by atoms with Gasteiger partial charge in [-0.3, -0.25) is 0 Å². The van der Waals surface area contributed by atoms with Crippen LogP contribution in [0.4, 0.5) is 13.2 Å². The summed E-state index contributed by atoms with van der Waals surface area (Å²) < 4.78 is 67.7. The van der Waals surface area contributed by atoms with Crippen LogP contribution < -0.4 is 10.1 Å². The van der Waals surface area contributed by atoms with Crippen LogP contribution in [-0.2, 0) is 22.8 Å². The summed E-state index contributed by atoms with van der Waals surface area (Å²) in [6, 6.07) is 19.9. The van der Waals surface area contributed by atoms with Crippen molar-refractivity contribution in [2.24, 2.45) is 0 Å². The number of fused-ring (bicyclic) bond motifs is 1. The first-order valence-electron chi connectivity index (χ1n) is 10.6. The Kier molecular flexibility index (Phi) is 6.95. The average Bonchev–Trinajstić information content (AvgIpc) is 3.23. The van der Waals surface area contributed by atoms with E-state index in [1.807, 2.05) is 6.20 Å². The average molecular weight is 489 g/mol. The normalized spacial score (nSPS) is 12.2. The molecule has 0 saturated heterocycles. The van der Waals surface area contributed by atoms with Crippen molar-refractivity contribution in [3.8, 4) is 5.75 Å². The van der Waals surface area contributed by atoms with Gasteiger partial charge in [0.15, 0.2) is 6.61 Å². The fourth-order valence-electron chi connectivity index (χ4n) is 3.63. The lowest BCUT2D eigenvalue weighted by atomic mass is 10.1. The number of nitrogens with one attached hydrogen (secondary N) is 2. The third-order valence-electron chi connectivity index (χ3n) is 5.30. The number of halogens is 3. The number of benzene rings is 3. The maximum Gasteiger partial charge on any atom is 0.422 e. The summed E-state index contributed by atoms with van der Waals surface area (Å²) in [4.78, 5) is 3.64. The summed E-state index contributed by atoms with van der Waals surface area (Å²) in [6.07, 6.45) is -1.89. The molecule has 0 saturated carbocycles. The molecule has 34 heavy (non-hydrogen) atoms. The van der Waals surface area contributed by atoms with Gasteiger partial charge in [0.25, 0.3) is 0 Å². The highest BCUT2D eigenvalue weighted by Gasteiger charge is 2.28. The fraction of sp³-hybridized carbons (Fsp3) is 0.200. The number of alkyl halides is 3. The number of rotatable bonds is 9. The largest absolute Gasteiger partial charge is 0.484 e. The molecule has 4 aromatic rings. The predicted octanol–water partition coefficient (Wildman–Crippen LogP) is 5.27. The molecule has 1 aromatic heterocycles. The lowest BCUT2D eigenvalue weighted by Crippen LogP contribution is -2.19. The topological polar surface area (TPSA) is 71.2 Å². The SMILES string of the molecule is O=S(=O)(c1ccccc1)c1ccc2[nH]cc(CCNCc3cccc(OCC(F)(F)F)c3)c2c1. The highest BCUT2D eigenvalue weighted by molar-refractivity contribution is 7.91. The van der Waals surface area contributed by atoms with Crippen molar-refractivity contribution in [2.75, 3.05) is 13.2 Å². The summed E-state index contributed by atoms with van der Waals surface area (Å²) in [6.45, 7) is -0.276. The minimum atomic E-state index is -4.38. The first-order chi connectivity index (χ1) is 16.2. The molecular weight excluding hydrogens is 465 g/mol. The molecule has 178 valence electrons. The lowest BCUT2D eigenvalue weighted by molar-refractivity contribution is -0.153. The van der Waals surface area contributed by atoms with E-state index in [1.165, 1.54) is 6.07 Å². The Hall–Kier alpha value is -3.30. The molecule has 0 unspecified atom stereocenters. The van der Waals surface area contributed by atoms with E-state index in [2.05, 4.69) is 10.3 Å². The van der Waals surface area contributed by atoms with Gasteiger partial charge in [0, 0.05) is 23.6 Å². The third-order valence-corrected chi connectivity index (χ3v) is 7.07. The number of sulfone groups is 1. The number of aromatic nitrogens is 1. The smallest absolute Gasteiger partial charge is 0.422 e. The van der Waals surface area contributed by atoms with E-state index in [0.29, 0.717) is 19.5 Å². The van der Waals surface area contributed by atoms with Crippen LogP contribution >= 0.6 is 0 Å². The molecule has 0 aliphatic rings. The maximum absolute atomic E-state index is 13.0. The van der Waals surface area contributed by atoms with Gasteiger partial charge < -0.3 is 15.0 Å². The van der Waals surface area contributed by atoms with Crippen LogP contribution in [0, 0.1) is 0 Å². The summed E-state index contributed by atoms with van der Waals surface area (Å²) in [5.41, 5.74) is 2.61. The van der Waals surface area contributed by atoms with Crippen molar-refractivity contribution in [1.82, 2.24) is 10.3 Å². The van der Waals surface area contributed by atoms with Crippen molar-refractivity contribution < 1.29 is 26.3 Å². The van der Waals surface area contributed by atoms with Crippen LogP contribution in [-0.4, -0.2) is 32.7 Å². The van der Waals surface area contributed by atoms with Gasteiger partial charge in [0.2, 0.25) is 9.84 Å². The fourth-order valence-corrected chi connectivity index (χ4v) is 4.94. The zero-order valence-corrected chi connectivity index (χ0v) is 18.9. The van der Waals surface area contributed by atoms with E-state index in [0.717, 1.165) is 22.0 Å². The molecule has 4 rings (SSSR count). The van der Waals surface area contributed by atoms with Gasteiger partial charge in [-0.1, -0.05) is 30.3 Å². The molecule has 9 heteroatoms. The molecule has 0 radical (unpaired) electrons. The predicted molar refractivity (Wildman–Crippen MR) is 124 cm³/mol. The van der Waals surface area contributed by atoms with Gasteiger partial charge >= 0.3 is 6.18 Å². The Morgan fingerprint density at radius 3 is 2.47 bits per heavy atom. The molecule has 0 bridgehead atoms. The highest BCUT2D eigenvalue weighted by atomic mass is 32.2. The van der Waals surface area contributed by atoms with Gasteiger partial charge in [-0.2, -0.15) is 13.2 Å². The Morgan fingerprint density at radius 2 is 1.71 bits per heavy atom. The van der Waals surface area contributed by atoms with E-state index >= 15 is 0 Å². The van der Waals surface area contributed by atoms with E-state index in [1.54, 1.807) is 66.7 Å². The summed E-state index contributed by atoms with van der Waals surface area (Å²) in [5.74, 6) is 0.167. The second-order valence-electron chi connectivity index (χ2n) is 7.82. The summed E-state index contributed by atoms with van der Waals surface area (Å²) >= 11 is 0. The minimum absolute atomic E-state index is 0.167. The highest BCUT2D eigenvalue weighted by Crippen LogP contribution is 2.26. The van der Waals surface area contributed by atoms with Gasteiger partial charge in [0.05, 0.1) is 9.79 Å². The van der Waals surface area contributed by atoms with Gasteiger partial charge in [0.1, 0.15) is 5.75 Å². The molecule has 0 fully saturated rings. The number of hydrogen-bond acceptors (Lipinski definition) is 4. The van der Waals surface area contributed by atoms with Crippen LogP contribution in [0.5, 0.6) is 5.75 Å². The zero-order chi connectivity index (χ0) is 24.2. The quantitative estimate of drug-likeness (QED) is 0.315. The van der Waals surface area contributed by atoms with Crippen molar-refractivity contribution >= 4 is 20.7 Å². The maximum atomic E-state index is 13.0. The molecule has 1 heterocycles. The van der Waals surface area contributed by atoms with Crippen molar-refractivity contribution in [1.29, 1.82) is 0 Å². The standard InChI is InChI=1S/C25H23F3N2O3S/c26-25(27,28)17-33-20-6-4-5-18(13-20)15-29-12-11-19-16-30-24-10-9-22(14-23(19)24)34(31,32)21-7-2-1-3-8-21/h1-10,13-14,16,29-30H,11-12,15,17H2. The number of H-pyrrole nitrogens is 1. The number of hydrogen-bond donors (Lipinski definition) is 2. The third kappa shape index (κ3) is 5.78. The van der Waals surface area contributed by atoms with E-state index in [9.17, 15) is 21.6 Å². The molecule has 0 aliphatic carbocycles.